The van der Waals surface area contributed by atoms with Crippen LogP contribution in [0.2, 0.25) is 0 Å². The van der Waals surface area contributed by atoms with Crippen molar-refractivity contribution in [1.29, 1.82) is 0 Å². The van der Waals surface area contributed by atoms with Gasteiger partial charge in [-0.3, -0.25) is 0 Å². The zero-order valence-electron chi connectivity index (χ0n) is 36.6. The monoisotopic (exact) mass is 855 g/mol. The zero-order chi connectivity index (χ0) is 41.7. The van der Waals surface area contributed by atoms with Gasteiger partial charge in [-0.2, -0.15) is 0 Å². The van der Waals surface area contributed by atoms with Gasteiger partial charge in [-0.15, -0.1) is 22.1 Å². The average Bonchev–Trinajstić information content (AvgIpc) is 4.13. The summed E-state index contributed by atoms with van der Waals surface area (Å²) in [6.07, 6.45) is 26.0. The van der Waals surface area contributed by atoms with Crippen LogP contribution in [0.3, 0.4) is 0 Å². The first-order chi connectivity index (χ1) is 29.4. The summed E-state index contributed by atoms with van der Waals surface area (Å²) in [5.74, 6) is 4.29. The van der Waals surface area contributed by atoms with Crippen molar-refractivity contribution in [1.82, 2.24) is 38.2 Å². The number of rotatable bonds is 12. The fourth-order valence-electron chi connectivity index (χ4n) is 9.06. The molecule has 2 aliphatic heterocycles. The fraction of sp³-hybridized carbons (Fsp3) is 0.333. The molecule has 7 aromatic rings. The van der Waals surface area contributed by atoms with Gasteiger partial charge in [0.05, 0.1) is 97.4 Å². The van der Waals surface area contributed by atoms with E-state index >= 15 is 0 Å². The number of hydrogen-bond acceptors (Lipinski definition) is 2. The predicted octanol–water partition coefficient (Wildman–Crippen LogP) is 7.09. The van der Waals surface area contributed by atoms with Crippen LogP contribution in [0.5, 0.6) is 0 Å². The van der Waals surface area contributed by atoms with Crippen LogP contribution >= 0.6 is 0 Å². The number of aryl methyl sites for hydroxylation is 8. The van der Waals surface area contributed by atoms with E-state index in [1.807, 2.05) is 0 Å². The van der Waals surface area contributed by atoms with Crippen molar-refractivity contribution >= 4 is 46.4 Å². The molecule has 7 aromatic heterocycles. The second-order valence-electron chi connectivity index (χ2n) is 15.1. The summed E-state index contributed by atoms with van der Waals surface area (Å²) in [5, 5.41) is 0. The molecule has 0 radical (unpaired) electrons. The minimum absolute atomic E-state index is 0. The van der Waals surface area contributed by atoms with E-state index in [-0.39, 0.29) is 17.1 Å². The van der Waals surface area contributed by atoms with Crippen molar-refractivity contribution < 1.29 is 35.3 Å². The van der Waals surface area contributed by atoms with Crippen LogP contribution in [0.25, 0.3) is 91.9 Å². The maximum absolute atomic E-state index is 5.59. The molecule has 0 saturated carbocycles. The normalized spacial score (nSPS) is 12.2. The smallest absolute Gasteiger partial charge is 0.656 e. The van der Waals surface area contributed by atoms with Gasteiger partial charge in [0.25, 0.3) is 23.3 Å². The minimum Gasteiger partial charge on any atom is -0.656 e. The Bertz CT molecular complexity index is 2520. The van der Waals surface area contributed by atoms with Crippen molar-refractivity contribution in [3.05, 3.63) is 96.6 Å². The summed E-state index contributed by atoms with van der Waals surface area (Å²) in [6, 6.07) is 8.67. The van der Waals surface area contributed by atoms with Crippen LogP contribution in [0.15, 0.2) is 73.8 Å². The molecule has 12 nitrogen and oxygen atoms in total. The number of imidazole rings is 4. The van der Waals surface area contributed by atoms with E-state index in [9.17, 15) is 0 Å². The zero-order valence-corrected chi connectivity index (χ0v) is 37.8. The number of nitrogens with zero attached hydrogens (tertiary/aromatic N) is 12. The molecule has 0 aromatic carbocycles. The molecule has 0 saturated heterocycles. The van der Waals surface area contributed by atoms with E-state index < -0.39 is 0 Å². The Labute approximate surface area is 368 Å². The third kappa shape index (κ3) is 6.84. The molecule has 9 heterocycles. The maximum Gasteiger partial charge on any atom is 3.00 e. The molecule has 2 aliphatic rings. The largest absolute Gasteiger partial charge is 3.00 e. The Morgan fingerprint density at radius 1 is 0.393 bits per heavy atom. The van der Waals surface area contributed by atoms with E-state index in [4.69, 9.17) is 19.9 Å². The first kappa shape index (κ1) is 41.7. The van der Waals surface area contributed by atoms with Crippen molar-refractivity contribution in [2.24, 2.45) is 0 Å². The van der Waals surface area contributed by atoms with E-state index in [1.165, 1.54) is 0 Å². The summed E-state index contributed by atoms with van der Waals surface area (Å²) in [6.45, 7) is 24.0. The van der Waals surface area contributed by atoms with Crippen LogP contribution in [0.4, 0.5) is 0 Å². The number of aromatic nitrogens is 12. The third-order valence-corrected chi connectivity index (χ3v) is 12.1. The first-order valence-electron chi connectivity index (χ1n) is 21.8. The second kappa shape index (κ2) is 17.1. The van der Waals surface area contributed by atoms with Gasteiger partial charge in [0.1, 0.15) is 49.6 Å². The van der Waals surface area contributed by atoms with E-state index in [0.29, 0.717) is 0 Å². The van der Waals surface area contributed by atoms with Gasteiger partial charge in [-0.05, 0) is 79.7 Å². The molecule has 0 N–H and O–H groups in total. The standard InChI is InChI=1S/C48H56N12.Mn/c1-9-53-25-26-54(10-2)45(53)41-33-17-19-35(49-33)42(46-55(11-3)27-28-56(46)12-4)37-21-23-39(51-37)44(48-59(15-7)31-32-60(48)16-8)40-24-22-38(52-40)43(36-20-18-34(41)50-36)47-57(13-5)29-30-58(47)14-6;/h17-32H,9-16H2,1-8H3;/q+2;+3. The Morgan fingerprint density at radius 2 is 0.623 bits per heavy atom. The Morgan fingerprint density at radius 3 is 0.820 bits per heavy atom. The summed E-state index contributed by atoms with van der Waals surface area (Å²) in [7, 11) is 0. The van der Waals surface area contributed by atoms with Gasteiger partial charge in [0, 0.05) is 0 Å². The Balaban J connectivity index is 0.00000514. The fourth-order valence-corrected chi connectivity index (χ4v) is 9.06. The van der Waals surface area contributed by atoms with E-state index in [2.05, 4.69) is 190 Å². The van der Waals surface area contributed by atoms with E-state index in [0.717, 1.165) is 143 Å². The van der Waals surface area contributed by atoms with Crippen molar-refractivity contribution in [3.8, 4) is 45.6 Å². The predicted molar refractivity (Wildman–Crippen MR) is 237 cm³/mol. The first-order valence-corrected chi connectivity index (χ1v) is 21.8. The number of hydrogen-bond donors (Lipinski definition) is 0. The molecule has 310 valence electrons. The minimum atomic E-state index is 0. The molecule has 0 fully saturated rings. The molecule has 8 bridgehead atoms. The molecule has 0 spiro atoms. The summed E-state index contributed by atoms with van der Waals surface area (Å²) in [5.41, 5.74) is 10.9. The average molecular weight is 856 g/mol. The molecular formula is C48H56MnN12+5. The molecule has 0 amide bonds. The summed E-state index contributed by atoms with van der Waals surface area (Å²) in [4.78, 5) is 22.4. The molecule has 0 unspecified atom stereocenters. The van der Waals surface area contributed by atoms with Crippen LogP contribution in [0.1, 0.15) is 78.2 Å². The topological polar surface area (TPSA) is 89.2 Å². The van der Waals surface area contributed by atoms with Crippen LogP contribution in [-0.2, 0) is 69.4 Å². The SMILES string of the molecule is CCn1cc[n+](CC)c1-c1c2nc(c(-c3n(CC)cc[n+]3CC)c3ccc([n-]3)c(-c3n(CC)cc[n+]3CC)c3nc(c(-c4n(CC)cc[n+]4CC)c4ccc1[n-]4)C=C3)C=C2.[Mn+3]. The van der Waals surface area contributed by atoms with Crippen LogP contribution < -0.4 is 28.2 Å². The van der Waals surface area contributed by atoms with E-state index in [1.54, 1.807) is 0 Å². The van der Waals surface area contributed by atoms with Gasteiger partial charge in [-0.1, -0.05) is 24.3 Å². The van der Waals surface area contributed by atoms with Crippen molar-refractivity contribution in [2.45, 2.75) is 108 Å². The molecule has 0 aliphatic carbocycles. The van der Waals surface area contributed by atoms with Gasteiger partial charge < -0.3 is 9.97 Å². The van der Waals surface area contributed by atoms with Gasteiger partial charge in [0.2, 0.25) is 0 Å². The molecule has 0 atom stereocenters. The van der Waals surface area contributed by atoms with Gasteiger partial charge >= 0.3 is 17.1 Å². The van der Waals surface area contributed by atoms with Gasteiger partial charge in [-0.25, -0.2) is 46.5 Å². The van der Waals surface area contributed by atoms with Crippen LogP contribution in [-0.4, -0.2) is 28.2 Å². The Kier molecular flexibility index (Phi) is 11.7. The molecule has 9 rings (SSSR count). The molecule has 13 heteroatoms. The summed E-state index contributed by atoms with van der Waals surface area (Å²) >= 11 is 0. The Hall–Kier alpha value is -6.04. The third-order valence-electron chi connectivity index (χ3n) is 12.1. The molecule has 61 heavy (non-hydrogen) atoms. The van der Waals surface area contributed by atoms with Crippen molar-refractivity contribution in [3.63, 3.8) is 0 Å². The second-order valence-corrected chi connectivity index (χ2v) is 15.1. The maximum atomic E-state index is 5.59. The number of fused-ring (bicyclic) bond motifs is 8. The van der Waals surface area contributed by atoms with Crippen LogP contribution in [0, 0.1) is 0 Å². The summed E-state index contributed by atoms with van der Waals surface area (Å²) < 4.78 is 18.4. The quantitative estimate of drug-likeness (QED) is 0.0971. The molecular weight excluding hydrogens is 800 g/mol. The van der Waals surface area contributed by atoms with Gasteiger partial charge in [0.15, 0.2) is 0 Å². The van der Waals surface area contributed by atoms with Crippen molar-refractivity contribution in [2.75, 3.05) is 0 Å².